The van der Waals surface area contributed by atoms with Crippen molar-refractivity contribution in [1.29, 1.82) is 0 Å². The lowest BCUT2D eigenvalue weighted by Gasteiger charge is -2.14. The van der Waals surface area contributed by atoms with E-state index in [9.17, 15) is 4.79 Å². The molecule has 6 nitrogen and oxygen atoms in total. The predicted octanol–water partition coefficient (Wildman–Crippen LogP) is 1.29. The van der Waals surface area contributed by atoms with Crippen LogP contribution in [0.25, 0.3) is 0 Å². The molecule has 0 aliphatic heterocycles. The maximum absolute atomic E-state index is 11.4. The lowest BCUT2D eigenvalue weighted by atomic mass is 10.3. The van der Waals surface area contributed by atoms with Gasteiger partial charge in [-0.3, -0.25) is 0 Å². The van der Waals surface area contributed by atoms with Crippen LogP contribution in [0.1, 0.15) is 17.3 Å². The van der Waals surface area contributed by atoms with Crippen LogP contribution < -0.4 is 5.32 Å². The Bertz CT molecular complexity index is 363. The molecule has 0 aliphatic rings. The van der Waals surface area contributed by atoms with Gasteiger partial charge in [-0.15, -0.1) is 0 Å². The van der Waals surface area contributed by atoms with Crippen LogP contribution >= 0.6 is 0 Å². The molecule has 0 spiro atoms. The number of ether oxygens (including phenoxy) is 3. The number of carbonyl (C=O) groups is 1. The zero-order chi connectivity index (χ0) is 13.4. The highest BCUT2D eigenvalue weighted by molar-refractivity contribution is 5.89. The summed E-state index contributed by atoms with van der Waals surface area (Å²) >= 11 is 0. The summed E-state index contributed by atoms with van der Waals surface area (Å²) in [6.45, 7) is 2.58. The number of hydrogen-bond acceptors (Lipinski definition) is 6. The SMILES string of the molecule is CCOC(=O)c1ccc(NCC(OC)OC)nc1. The minimum absolute atomic E-state index is 0.337. The quantitative estimate of drug-likeness (QED) is 0.584. The third-order valence-corrected chi connectivity index (χ3v) is 2.25. The lowest BCUT2D eigenvalue weighted by Crippen LogP contribution is -2.24. The number of carbonyl (C=O) groups excluding carboxylic acids is 1. The normalized spacial score (nSPS) is 10.4. The third kappa shape index (κ3) is 4.31. The molecule has 6 heteroatoms. The molecule has 0 aliphatic carbocycles. The molecule has 1 aromatic rings. The van der Waals surface area contributed by atoms with Gasteiger partial charge in [0.25, 0.3) is 0 Å². The Morgan fingerprint density at radius 1 is 1.39 bits per heavy atom. The zero-order valence-corrected chi connectivity index (χ0v) is 10.8. The first-order chi connectivity index (χ1) is 8.71. The zero-order valence-electron chi connectivity index (χ0n) is 10.8. The summed E-state index contributed by atoms with van der Waals surface area (Å²) in [6, 6.07) is 3.36. The van der Waals surface area contributed by atoms with Gasteiger partial charge in [0.05, 0.1) is 18.7 Å². The molecule has 1 N–H and O–H groups in total. The van der Waals surface area contributed by atoms with Crippen LogP contribution in [0.5, 0.6) is 0 Å². The monoisotopic (exact) mass is 254 g/mol. The smallest absolute Gasteiger partial charge is 0.339 e. The summed E-state index contributed by atoms with van der Waals surface area (Å²) in [7, 11) is 3.13. The van der Waals surface area contributed by atoms with E-state index in [2.05, 4.69) is 10.3 Å². The highest BCUT2D eigenvalue weighted by Crippen LogP contribution is 2.07. The van der Waals surface area contributed by atoms with Crippen molar-refractivity contribution in [3.8, 4) is 0 Å². The molecule has 0 atom stereocenters. The molecule has 0 aromatic carbocycles. The molecular formula is C12H18N2O4. The summed E-state index contributed by atoms with van der Waals surface area (Å²) in [5.41, 5.74) is 0.428. The molecule has 0 fully saturated rings. The first-order valence-corrected chi connectivity index (χ1v) is 5.63. The highest BCUT2D eigenvalue weighted by atomic mass is 16.7. The lowest BCUT2D eigenvalue weighted by molar-refractivity contribution is -0.0914. The Balaban J connectivity index is 2.52. The van der Waals surface area contributed by atoms with Crippen LogP contribution in [-0.2, 0) is 14.2 Å². The van der Waals surface area contributed by atoms with Gasteiger partial charge in [0.15, 0.2) is 6.29 Å². The fraction of sp³-hybridized carbons (Fsp3) is 0.500. The van der Waals surface area contributed by atoms with Gasteiger partial charge in [-0.2, -0.15) is 0 Å². The molecule has 100 valence electrons. The summed E-state index contributed by atoms with van der Waals surface area (Å²) in [5.74, 6) is 0.269. The van der Waals surface area contributed by atoms with Gasteiger partial charge in [0.1, 0.15) is 5.82 Å². The maximum Gasteiger partial charge on any atom is 0.339 e. The van der Waals surface area contributed by atoms with Crippen LogP contribution in [-0.4, -0.2) is 44.6 Å². The molecule has 0 radical (unpaired) electrons. The maximum atomic E-state index is 11.4. The van der Waals surface area contributed by atoms with Gasteiger partial charge in [-0.1, -0.05) is 0 Å². The Kier molecular flexibility index (Phi) is 6.10. The molecule has 1 heterocycles. The van der Waals surface area contributed by atoms with E-state index in [1.165, 1.54) is 6.20 Å². The van der Waals surface area contributed by atoms with Crippen molar-refractivity contribution >= 4 is 11.8 Å². The molecule has 1 aromatic heterocycles. The summed E-state index contributed by atoms with van der Waals surface area (Å²) in [6.07, 6.45) is 1.13. The topological polar surface area (TPSA) is 69.7 Å². The molecule has 0 saturated heterocycles. The second-order valence-electron chi connectivity index (χ2n) is 3.43. The fourth-order valence-electron chi connectivity index (χ4n) is 1.28. The minimum Gasteiger partial charge on any atom is -0.462 e. The van der Waals surface area contributed by atoms with Crippen molar-refractivity contribution < 1.29 is 19.0 Å². The number of rotatable bonds is 7. The van der Waals surface area contributed by atoms with Crippen LogP contribution in [0.2, 0.25) is 0 Å². The average Bonchev–Trinajstić information content (AvgIpc) is 2.41. The van der Waals surface area contributed by atoms with Crippen LogP contribution in [0.4, 0.5) is 5.82 Å². The molecule has 0 amide bonds. The second kappa shape index (κ2) is 7.62. The number of aromatic nitrogens is 1. The number of methoxy groups -OCH3 is 2. The Hall–Kier alpha value is -1.66. The van der Waals surface area contributed by atoms with E-state index in [0.29, 0.717) is 24.5 Å². The number of pyridine rings is 1. The van der Waals surface area contributed by atoms with Gasteiger partial charge < -0.3 is 19.5 Å². The van der Waals surface area contributed by atoms with Crippen molar-refractivity contribution in [3.63, 3.8) is 0 Å². The number of nitrogens with zero attached hydrogens (tertiary/aromatic N) is 1. The first-order valence-electron chi connectivity index (χ1n) is 5.63. The molecular weight excluding hydrogens is 236 g/mol. The van der Waals surface area contributed by atoms with E-state index in [4.69, 9.17) is 14.2 Å². The number of anilines is 1. The van der Waals surface area contributed by atoms with Crippen molar-refractivity contribution in [2.45, 2.75) is 13.2 Å². The number of nitrogens with one attached hydrogen (secondary N) is 1. The van der Waals surface area contributed by atoms with Gasteiger partial charge in [-0.05, 0) is 19.1 Å². The van der Waals surface area contributed by atoms with E-state index < -0.39 is 0 Å². The van der Waals surface area contributed by atoms with E-state index >= 15 is 0 Å². The van der Waals surface area contributed by atoms with Gasteiger partial charge in [-0.25, -0.2) is 9.78 Å². The minimum atomic E-state index is -0.372. The summed E-state index contributed by atoms with van der Waals surface area (Å²) in [4.78, 5) is 15.5. The van der Waals surface area contributed by atoms with Crippen molar-refractivity contribution in [1.82, 2.24) is 4.98 Å². The van der Waals surface area contributed by atoms with Crippen molar-refractivity contribution in [3.05, 3.63) is 23.9 Å². The van der Waals surface area contributed by atoms with Gasteiger partial charge in [0, 0.05) is 20.4 Å². The summed E-state index contributed by atoms with van der Waals surface area (Å²) in [5, 5.41) is 3.03. The molecule has 0 saturated carbocycles. The van der Waals surface area contributed by atoms with E-state index in [-0.39, 0.29) is 12.3 Å². The number of hydrogen-bond donors (Lipinski definition) is 1. The average molecular weight is 254 g/mol. The first kappa shape index (κ1) is 14.4. The molecule has 0 bridgehead atoms. The third-order valence-electron chi connectivity index (χ3n) is 2.25. The van der Waals surface area contributed by atoms with E-state index in [0.717, 1.165) is 0 Å². The molecule has 0 unspecified atom stereocenters. The molecule has 18 heavy (non-hydrogen) atoms. The largest absolute Gasteiger partial charge is 0.462 e. The van der Waals surface area contributed by atoms with Crippen LogP contribution in [0.3, 0.4) is 0 Å². The second-order valence-corrected chi connectivity index (χ2v) is 3.43. The summed E-state index contributed by atoms with van der Waals surface area (Å²) < 4.78 is 14.9. The standard InChI is InChI=1S/C12H18N2O4/c1-4-18-12(15)9-5-6-10(13-7-9)14-8-11(16-2)17-3/h5-7,11H,4,8H2,1-3H3,(H,13,14). The number of esters is 1. The molecule has 1 rings (SSSR count). The Morgan fingerprint density at radius 2 is 2.11 bits per heavy atom. The van der Waals surface area contributed by atoms with Crippen molar-refractivity contribution in [2.75, 3.05) is 32.7 Å². The highest BCUT2D eigenvalue weighted by Gasteiger charge is 2.08. The fourth-order valence-corrected chi connectivity index (χ4v) is 1.28. The van der Waals surface area contributed by atoms with Crippen LogP contribution in [0.15, 0.2) is 18.3 Å². The van der Waals surface area contributed by atoms with Gasteiger partial charge >= 0.3 is 5.97 Å². The van der Waals surface area contributed by atoms with E-state index in [1.807, 2.05) is 0 Å². The Morgan fingerprint density at radius 3 is 2.61 bits per heavy atom. The van der Waals surface area contributed by atoms with E-state index in [1.54, 1.807) is 33.3 Å². The van der Waals surface area contributed by atoms with Crippen LogP contribution in [0, 0.1) is 0 Å². The van der Waals surface area contributed by atoms with Gasteiger partial charge in [0.2, 0.25) is 0 Å². The predicted molar refractivity (Wildman–Crippen MR) is 66.5 cm³/mol. The Labute approximate surface area is 106 Å². The van der Waals surface area contributed by atoms with Crippen molar-refractivity contribution in [2.24, 2.45) is 0 Å².